The van der Waals surface area contributed by atoms with Crippen LogP contribution in [-0.2, 0) is 0 Å². The number of aromatic amines is 1. The lowest BCUT2D eigenvalue weighted by Crippen LogP contribution is -2.38. The lowest BCUT2D eigenvalue weighted by atomic mass is 9.97. The highest BCUT2D eigenvalue weighted by atomic mass is 32.1. The van der Waals surface area contributed by atoms with Crippen LogP contribution < -0.4 is 0 Å². The van der Waals surface area contributed by atoms with E-state index in [-0.39, 0.29) is 29.0 Å². The Morgan fingerprint density at radius 3 is 2.57 bits per heavy atom. The summed E-state index contributed by atoms with van der Waals surface area (Å²) in [7, 11) is 0. The van der Waals surface area contributed by atoms with E-state index in [1.54, 1.807) is 23.1 Å². The number of hydrogen-bond donors (Lipinski definition) is 1. The van der Waals surface area contributed by atoms with Crippen molar-refractivity contribution in [3.63, 3.8) is 0 Å². The molecule has 154 valence electrons. The molecule has 1 amide bonds. The van der Waals surface area contributed by atoms with Gasteiger partial charge in [-0.3, -0.25) is 14.9 Å². The highest BCUT2D eigenvalue weighted by Crippen LogP contribution is 2.35. The average molecular weight is 428 g/mol. The first-order valence-corrected chi connectivity index (χ1v) is 10.0. The molecule has 1 aliphatic rings. The van der Waals surface area contributed by atoms with Crippen LogP contribution >= 0.6 is 11.3 Å². The maximum absolute atomic E-state index is 12.5. The van der Waals surface area contributed by atoms with Gasteiger partial charge in [0.15, 0.2) is 5.69 Å². The van der Waals surface area contributed by atoms with Crippen LogP contribution in [0.25, 0.3) is 11.3 Å². The van der Waals surface area contributed by atoms with Crippen molar-refractivity contribution >= 4 is 28.7 Å². The van der Waals surface area contributed by atoms with E-state index in [2.05, 4.69) is 15.2 Å². The number of benzene rings is 1. The minimum atomic E-state index is -0.632. The fourth-order valence-electron chi connectivity index (χ4n) is 3.45. The lowest BCUT2D eigenvalue weighted by molar-refractivity contribution is -0.389. The molecule has 1 saturated heterocycles. The van der Waals surface area contributed by atoms with Crippen LogP contribution in [0, 0.1) is 20.2 Å². The fraction of sp³-hybridized carbons (Fsp3) is 0.278. The van der Waals surface area contributed by atoms with Gasteiger partial charge in [-0.25, -0.2) is 4.98 Å². The first-order valence-electron chi connectivity index (χ1n) is 9.12. The zero-order valence-corrected chi connectivity index (χ0v) is 16.4. The van der Waals surface area contributed by atoms with Crippen molar-refractivity contribution in [1.29, 1.82) is 0 Å². The number of nitro groups is 2. The molecule has 2 aromatic heterocycles. The summed E-state index contributed by atoms with van der Waals surface area (Å²) in [5.74, 6) is -0.528. The van der Waals surface area contributed by atoms with Gasteiger partial charge in [-0.1, -0.05) is 17.2 Å². The molecule has 1 aromatic carbocycles. The number of thiazole rings is 1. The van der Waals surface area contributed by atoms with Crippen molar-refractivity contribution in [2.75, 3.05) is 13.1 Å². The second-order valence-electron chi connectivity index (χ2n) is 6.81. The van der Waals surface area contributed by atoms with Gasteiger partial charge < -0.3 is 15.0 Å². The highest BCUT2D eigenvalue weighted by molar-refractivity contribution is 7.10. The molecule has 11 nitrogen and oxygen atoms in total. The summed E-state index contributed by atoms with van der Waals surface area (Å²) < 4.78 is 0. The Hall–Kier alpha value is -3.67. The van der Waals surface area contributed by atoms with Gasteiger partial charge in [0.1, 0.15) is 0 Å². The average Bonchev–Trinajstić information content (AvgIpc) is 3.43. The fourth-order valence-corrected chi connectivity index (χ4v) is 4.45. The predicted octanol–water partition coefficient (Wildman–Crippen LogP) is 3.37. The van der Waals surface area contributed by atoms with E-state index in [9.17, 15) is 25.0 Å². The van der Waals surface area contributed by atoms with Crippen molar-refractivity contribution in [3.05, 3.63) is 66.6 Å². The number of likely N-dealkylation sites (tertiary alicyclic amines) is 1. The molecular weight excluding hydrogens is 412 g/mol. The Balaban J connectivity index is 1.43. The topological polar surface area (TPSA) is 148 Å². The van der Waals surface area contributed by atoms with Gasteiger partial charge in [0.25, 0.3) is 11.6 Å². The lowest BCUT2D eigenvalue weighted by Gasteiger charge is -2.30. The molecule has 1 fully saturated rings. The van der Waals surface area contributed by atoms with Crippen molar-refractivity contribution in [2.45, 2.75) is 18.8 Å². The van der Waals surface area contributed by atoms with E-state index in [1.807, 2.05) is 5.38 Å². The summed E-state index contributed by atoms with van der Waals surface area (Å²) in [5.41, 5.74) is 1.10. The van der Waals surface area contributed by atoms with Crippen LogP contribution in [0.4, 0.5) is 11.5 Å². The quantitative estimate of drug-likeness (QED) is 0.484. The largest absolute Gasteiger partial charge is 0.358 e. The number of para-hydroxylation sites is 1. The maximum atomic E-state index is 12.5. The van der Waals surface area contributed by atoms with Gasteiger partial charge >= 0.3 is 5.82 Å². The van der Waals surface area contributed by atoms with Gasteiger partial charge in [0, 0.05) is 30.5 Å². The Labute approximate surface area is 173 Å². The van der Waals surface area contributed by atoms with Gasteiger partial charge in [-0.05, 0) is 23.8 Å². The number of piperidine rings is 1. The summed E-state index contributed by atoms with van der Waals surface area (Å²) in [6.45, 7) is 0.953. The summed E-state index contributed by atoms with van der Waals surface area (Å²) in [6.07, 6.45) is 1.37. The van der Waals surface area contributed by atoms with Crippen molar-refractivity contribution in [1.82, 2.24) is 20.1 Å². The molecule has 0 spiro atoms. The third-order valence-electron chi connectivity index (χ3n) is 5.01. The first kappa shape index (κ1) is 19.6. The Morgan fingerprint density at radius 2 is 1.90 bits per heavy atom. The van der Waals surface area contributed by atoms with Gasteiger partial charge in [0.2, 0.25) is 0 Å². The number of H-pyrrole nitrogens is 1. The second-order valence-corrected chi connectivity index (χ2v) is 7.70. The second kappa shape index (κ2) is 7.99. The molecular formula is C18H16N6O5S. The van der Waals surface area contributed by atoms with E-state index >= 15 is 0 Å². The summed E-state index contributed by atoms with van der Waals surface area (Å²) in [6, 6.07) is 7.63. The van der Waals surface area contributed by atoms with E-state index < -0.39 is 9.85 Å². The normalized spacial score (nSPS) is 14.6. The summed E-state index contributed by atoms with van der Waals surface area (Å²) >= 11 is 1.45. The van der Waals surface area contributed by atoms with Crippen LogP contribution in [0.5, 0.6) is 0 Å². The van der Waals surface area contributed by atoms with E-state index in [4.69, 9.17) is 0 Å². The number of carbonyl (C=O) groups excluding carboxylic acids is 1. The van der Waals surface area contributed by atoms with Crippen molar-refractivity contribution in [3.8, 4) is 11.3 Å². The van der Waals surface area contributed by atoms with Crippen LogP contribution in [0.2, 0.25) is 0 Å². The molecule has 1 N–H and O–H groups in total. The van der Waals surface area contributed by atoms with Gasteiger partial charge in [0.05, 0.1) is 27.3 Å². The number of rotatable bonds is 5. The minimum absolute atomic E-state index is 0.0165. The predicted molar refractivity (Wildman–Crippen MR) is 107 cm³/mol. The number of hydrogen-bond acceptors (Lipinski definition) is 8. The Bertz CT molecular complexity index is 1120. The third-order valence-corrected chi connectivity index (χ3v) is 6.02. The zero-order valence-electron chi connectivity index (χ0n) is 15.6. The number of nitrogens with zero attached hydrogens (tertiary/aromatic N) is 5. The van der Waals surface area contributed by atoms with Crippen LogP contribution in [0.1, 0.15) is 34.3 Å². The number of carbonyl (C=O) groups is 1. The molecule has 0 atom stereocenters. The molecule has 0 unspecified atom stereocenters. The zero-order chi connectivity index (χ0) is 21.3. The molecule has 3 heterocycles. The van der Waals surface area contributed by atoms with Crippen molar-refractivity contribution in [2.24, 2.45) is 0 Å². The summed E-state index contributed by atoms with van der Waals surface area (Å²) in [4.78, 5) is 39.7. The number of nitro benzene ring substituents is 1. The van der Waals surface area contributed by atoms with Crippen LogP contribution in [0.3, 0.4) is 0 Å². The highest BCUT2D eigenvalue weighted by Gasteiger charge is 2.29. The Kier molecular flexibility index (Phi) is 5.23. The molecule has 30 heavy (non-hydrogen) atoms. The van der Waals surface area contributed by atoms with Crippen molar-refractivity contribution < 1.29 is 14.6 Å². The maximum Gasteiger partial charge on any atom is 0.343 e. The molecule has 0 radical (unpaired) electrons. The standard InChI is InChI=1S/C18H16N6O5S/c25-18(13-9-16(21-20-13)24(28)29)22-7-5-11(6-8-22)17-19-14(10-30-17)12-3-1-2-4-15(12)23(26)27/h1-4,9-11H,5-8H2,(H,20,21). The van der Waals surface area contributed by atoms with Gasteiger partial charge in [-0.2, -0.15) is 0 Å². The molecule has 0 bridgehead atoms. The molecule has 3 aromatic rings. The molecule has 4 rings (SSSR count). The minimum Gasteiger partial charge on any atom is -0.358 e. The molecule has 0 saturated carbocycles. The smallest absolute Gasteiger partial charge is 0.343 e. The van der Waals surface area contributed by atoms with E-state index in [1.165, 1.54) is 17.4 Å². The van der Waals surface area contributed by atoms with E-state index in [0.717, 1.165) is 11.1 Å². The summed E-state index contributed by atoms with van der Waals surface area (Å²) in [5, 5.41) is 30.7. The number of nitrogens with one attached hydrogen (secondary N) is 1. The number of amides is 1. The monoisotopic (exact) mass is 428 g/mol. The third kappa shape index (κ3) is 3.76. The molecule has 1 aliphatic heterocycles. The van der Waals surface area contributed by atoms with Crippen LogP contribution in [-0.4, -0.2) is 48.9 Å². The van der Waals surface area contributed by atoms with Gasteiger partial charge in [-0.15, -0.1) is 16.4 Å². The first-order chi connectivity index (χ1) is 14.4. The van der Waals surface area contributed by atoms with E-state index in [0.29, 0.717) is 37.2 Å². The molecule has 0 aliphatic carbocycles. The Morgan fingerprint density at radius 1 is 1.17 bits per heavy atom. The SMILES string of the molecule is O=C(c1cc([N+](=O)[O-])[nH]n1)N1CCC(c2nc(-c3ccccc3[N+](=O)[O-])cs2)CC1. The van der Waals surface area contributed by atoms with Crippen LogP contribution in [0.15, 0.2) is 35.7 Å². The number of aromatic nitrogens is 3. The molecule has 12 heteroatoms.